The maximum atomic E-state index is 8.75. The van der Waals surface area contributed by atoms with E-state index < -0.39 is 0 Å². The first-order valence-electron chi connectivity index (χ1n) is 6.05. The van der Waals surface area contributed by atoms with Gasteiger partial charge in [0.25, 0.3) is 0 Å². The Bertz CT molecular complexity index is 327. The van der Waals surface area contributed by atoms with Crippen molar-refractivity contribution in [2.75, 3.05) is 13.2 Å². The zero-order valence-corrected chi connectivity index (χ0v) is 11.2. The number of rotatable bonds is 5. The monoisotopic (exact) mass is 237 g/mol. The van der Waals surface area contributed by atoms with Gasteiger partial charge in [0.1, 0.15) is 11.4 Å². The molecule has 0 radical (unpaired) electrons. The van der Waals surface area contributed by atoms with Crippen molar-refractivity contribution in [1.29, 1.82) is 0 Å². The first kappa shape index (κ1) is 14.0. The minimum absolute atomic E-state index is 0.162. The molecule has 0 spiro atoms. The molecule has 0 bridgehead atoms. The van der Waals surface area contributed by atoms with Gasteiger partial charge in [0.05, 0.1) is 6.61 Å². The lowest BCUT2D eigenvalue weighted by molar-refractivity contribution is 0.131. The van der Waals surface area contributed by atoms with Crippen molar-refractivity contribution in [2.45, 2.75) is 39.3 Å². The van der Waals surface area contributed by atoms with Gasteiger partial charge in [-0.25, -0.2) is 0 Å². The van der Waals surface area contributed by atoms with Crippen LogP contribution in [0.2, 0.25) is 0 Å². The van der Waals surface area contributed by atoms with E-state index in [0.29, 0.717) is 6.54 Å². The van der Waals surface area contributed by atoms with Crippen LogP contribution in [-0.4, -0.2) is 23.9 Å². The van der Waals surface area contributed by atoms with Gasteiger partial charge < -0.3 is 15.2 Å². The summed E-state index contributed by atoms with van der Waals surface area (Å²) in [6, 6.07) is 8.31. The summed E-state index contributed by atoms with van der Waals surface area (Å²) in [6.07, 6.45) is 0. The highest BCUT2D eigenvalue weighted by molar-refractivity contribution is 5.29. The quantitative estimate of drug-likeness (QED) is 0.826. The molecule has 0 amide bonds. The first-order chi connectivity index (χ1) is 7.92. The molecule has 1 aromatic carbocycles. The summed E-state index contributed by atoms with van der Waals surface area (Å²) in [6.45, 7) is 8.96. The Morgan fingerprint density at radius 2 is 1.82 bits per heavy atom. The Balaban J connectivity index is 2.61. The van der Waals surface area contributed by atoms with Crippen molar-refractivity contribution in [1.82, 2.24) is 5.32 Å². The fraction of sp³-hybridized carbons (Fsp3) is 0.571. The van der Waals surface area contributed by atoms with Crippen molar-refractivity contribution in [3.8, 4) is 5.75 Å². The lowest BCUT2D eigenvalue weighted by atomic mass is 10.1. The van der Waals surface area contributed by atoms with Crippen LogP contribution in [0.5, 0.6) is 5.75 Å². The van der Waals surface area contributed by atoms with Crippen LogP contribution in [0, 0.1) is 0 Å². The Morgan fingerprint density at radius 3 is 2.29 bits per heavy atom. The van der Waals surface area contributed by atoms with Crippen LogP contribution in [-0.2, 0) is 0 Å². The molecule has 0 aliphatic carbocycles. The molecule has 0 heterocycles. The molecule has 0 saturated carbocycles. The summed E-state index contributed by atoms with van der Waals surface area (Å²) >= 11 is 0. The summed E-state index contributed by atoms with van der Waals surface area (Å²) in [5.41, 5.74) is 1.03. The van der Waals surface area contributed by atoms with E-state index in [1.54, 1.807) is 0 Å². The molecule has 96 valence electrons. The smallest absolute Gasteiger partial charge is 0.120 e. The predicted octanol–water partition coefficient (Wildman–Crippen LogP) is 2.51. The van der Waals surface area contributed by atoms with Crippen molar-refractivity contribution in [3.63, 3.8) is 0 Å². The minimum atomic E-state index is -0.164. The van der Waals surface area contributed by atoms with Crippen molar-refractivity contribution in [2.24, 2.45) is 0 Å². The van der Waals surface area contributed by atoms with Crippen LogP contribution in [0.25, 0.3) is 0 Å². The van der Waals surface area contributed by atoms with Crippen LogP contribution in [0.3, 0.4) is 0 Å². The second-order valence-electron chi connectivity index (χ2n) is 5.18. The van der Waals surface area contributed by atoms with Crippen LogP contribution >= 0.6 is 0 Å². The summed E-state index contributed by atoms with van der Waals surface area (Å²) < 4.78 is 5.76. The van der Waals surface area contributed by atoms with E-state index in [1.165, 1.54) is 5.56 Å². The summed E-state index contributed by atoms with van der Waals surface area (Å²) in [7, 11) is 0. The molecule has 0 unspecified atom stereocenters. The SMILES string of the molecule is C[C@@H](NCCO)c1ccc(OC(C)(C)C)cc1. The van der Waals surface area contributed by atoms with Gasteiger partial charge in [-0.3, -0.25) is 0 Å². The van der Waals surface area contributed by atoms with Crippen molar-refractivity contribution < 1.29 is 9.84 Å². The molecule has 3 heteroatoms. The van der Waals surface area contributed by atoms with E-state index in [2.05, 4.69) is 24.4 Å². The second-order valence-corrected chi connectivity index (χ2v) is 5.18. The molecule has 1 atom stereocenters. The number of hydrogen-bond acceptors (Lipinski definition) is 3. The molecule has 0 aliphatic heterocycles. The van der Waals surface area contributed by atoms with E-state index in [0.717, 1.165) is 5.75 Å². The summed E-state index contributed by atoms with van der Waals surface area (Å²) in [5.74, 6) is 0.885. The minimum Gasteiger partial charge on any atom is -0.488 e. The maximum Gasteiger partial charge on any atom is 0.120 e. The number of aliphatic hydroxyl groups excluding tert-OH is 1. The first-order valence-corrected chi connectivity index (χ1v) is 6.05. The topological polar surface area (TPSA) is 41.5 Å². The summed E-state index contributed by atoms with van der Waals surface area (Å²) in [4.78, 5) is 0. The van der Waals surface area contributed by atoms with Gasteiger partial charge in [0.2, 0.25) is 0 Å². The fourth-order valence-electron chi connectivity index (χ4n) is 1.58. The molecule has 3 nitrogen and oxygen atoms in total. The van der Waals surface area contributed by atoms with Gasteiger partial charge in [-0.15, -0.1) is 0 Å². The van der Waals surface area contributed by atoms with Crippen LogP contribution in [0.15, 0.2) is 24.3 Å². The Labute approximate surface area is 104 Å². The van der Waals surface area contributed by atoms with Gasteiger partial charge >= 0.3 is 0 Å². The second kappa shape index (κ2) is 6.03. The molecule has 17 heavy (non-hydrogen) atoms. The van der Waals surface area contributed by atoms with Crippen molar-refractivity contribution in [3.05, 3.63) is 29.8 Å². The highest BCUT2D eigenvalue weighted by atomic mass is 16.5. The van der Waals surface area contributed by atoms with Gasteiger partial charge in [0, 0.05) is 12.6 Å². The van der Waals surface area contributed by atoms with Gasteiger partial charge in [-0.05, 0) is 45.4 Å². The highest BCUT2D eigenvalue weighted by Crippen LogP contribution is 2.21. The van der Waals surface area contributed by atoms with Crippen LogP contribution in [0.1, 0.15) is 39.3 Å². The fourth-order valence-corrected chi connectivity index (χ4v) is 1.58. The average Bonchev–Trinajstić information content (AvgIpc) is 2.24. The number of hydrogen-bond donors (Lipinski definition) is 2. The maximum absolute atomic E-state index is 8.75. The lowest BCUT2D eigenvalue weighted by Crippen LogP contribution is -2.23. The molecule has 0 saturated heterocycles. The zero-order chi connectivity index (χ0) is 12.9. The molecule has 0 aromatic heterocycles. The van der Waals surface area contributed by atoms with Gasteiger partial charge in [0.15, 0.2) is 0 Å². The Hall–Kier alpha value is -1.06. The number of aliphatic hydroxyl groups is 1. The molecule has 1 aromatic rings. The molecular formula is C14H23NO2. The van der Waals surface area contributed by atoms with Crippen molar-refractivity contribution >= 4 is 0 Å². The third-order valence-electron chi connectivity index (χ3n) is 2.37. The lowest BCUT2D eigenvalue weighted by Gasteiger charge is -2.22. The average molecular weight is 237 g/mol. The largest absolute Gasteiger partial charge is 0.488 e. The highest BCUT2D eigenvalue weighted by Gasteiger charge is 2.12. The van der Waals surface area contributed by atoms with Crippen LogP contribution in [0.4, 0.5) is 0 Å². The number of benzene rings is 1. The molecule has 1 rings (SSSR count). The van der Waals surface area contributed by atoms with E-state index in [9.17, 15) is 0 Å². The molecule has 0 aliphatic rings. The summed E-state index contributed by atoms with van der Waals surface area (Å²) in [5, 5.41) is 12.0. The Morgan fingerprint density at radius 1 is 1.24 bits per heavy atom. The van der Waals surface area contributed by atoms with E-state index in [1.807, 2.05) is 32.9 Å². The van der Waals surface area contributed by atoms with Gasteiger partial charge in [-0.2, -0.15) is 0 Å². The number of nitrogens with one attached hydrogen (secondary N) is 1. The third-order valence-corrected chi connectivity index (χ3v) is 2.37. The molecule has 2 N–H and O–H groups in total. The molecular weight excluding hydrogens is 214 g/mol. The molecule has 0 fully saturated rings. The van der Waals surface area contributed by atoms with E-state index >= 15 is 0 Å². The zero-order valence-electron chi connectivity index (χ0n) is 11.2. The standard InChI is InChI=1S/C14H23NO2/c1-11(15-9-10-16)12-5-7-13(8-6-12)17-14(2,3)4/h5-8,11,15-16H,9-10H2,1-4H3/t11-/m1/s1. The van der Waals surface area contributed by atoms with Crippen LogP contribution < -0.4 is 10.1 Å². The Kier molecular flexibility index (Phi) is 4.97. The van der Waals surface area contributed by atoms with E-state index in [4.69, 9.17) is 9.84 Å². The van der Waals surface area contributed by atoms with E-state index in [-0.39, 0.29) is 18.2 Å². The normalized spacial score (nSPS) is 13.5. The third kappa shape index (κ3) is 5.20. The number of ether oxygens (including phenoxy) is 1. The van der Waals surface area contributed by atoms with Gasteiger partial charge in [-0.1, -0.05) is 12.1 Å². The predicted molar refractivity (Wildman–Crippen MR) is 70.3 cm³/mol.